The molecule has 0 unspecified atom stereocenters. The highest BCUT2D eigenvalue weighted by molar-refractivity contribution is 5.89. The Bertz CT molecular complexity index is 525. The number of rotatable bonds is 0. The molecule has 128 valence electrons. The molecule has 3 nitrogen and oxygen atoms in total. The van der Waals surface area contributed by atoms with Crippen LogP contribution in [0, 0.1) is 5.92 Å². The minimum Gasteiger partial charge on any atom is -0.456 e. The molecule has 23 heavy (non-hydrogen) atoms. The van der Waals surface area contributed by atoms with Crippen LogP contribution >= 0.6 is 0 Å². The predicted octanol–water partition coefficient (Wildman–Crippen LogP) is 4.47. The quantitative estimate of drug-likeness (QED) is 0.407. The van der Waals surface area contributed by atoms with Crippen LogP contribution in [0.25, 0.3) is 0 Å². The number of ether oxygens (including phenoxy) is 1. The van der Waals surface area contributed by atoms with Gasteiger partial charge in [0, 0.05) is 5.57 Å². The van der Waals surface area contributed by atoms with Gasteiger partial charge in [-0.15, -0.1) is 0 Å². The van der Waals surface area contributed by atoms with Gasteiger partial charge in [0.25, 0.3) is 0 Å². The Morgan fingerprint density at radius 1 is 1.22 bits per heavy atom. The number of aliphatic hydroxyl groups is 1. The van der Waals surface area contributed by atoms with E-state index in [-0.39, 0.29) is 11.9 Å². The lowest BCUT2D eigenvalue weighted by atomic mass is 9.79. The largest absolute Gasteiger partial charge is 0.456 e. The molecule has 3 heteroatoms. The molecule has 3 atom stereocenters. The normalized spacial score (nSPS) is 38.6. The van der Waals surface area contributed by atoms with Gasteiger partial charge >= 0.3 is 5.97 Å². The molecule has 1 aliphatic heterocycles. The van der Waals surface area contributed by atoms with Crippen LogP contribution in [0.2, 0.25) is 0 Å². The Morgan fingerprint density at radius 2 is 1.87 bits per heavy atom. The Kier molecular flexibility index (Phi) is 5.85. The molecule has 0 amide bonds. The molecular weight excluding hydrogens is 288 g/mol. The Hall–Kier alpha value is -1.35. The van der Waals surface area contributed by atoms with Gasteiger partial charge in [0.1, 0.15) is 6.10 Å². The van der Waals surface area contributed by atoms with Gasteiger partial charge in [-0.3, -0.25) is 0 Å². The summed E-state index contributed by atoms with van der Waals surface area (Å²) in [6, 6.07) is 0. The Balaban J connectivity index is 2.21. The van der Waals surface area contributed by atoms with Gasteiger partial charge in [0.15, 0.2) is 0 Å². The molecule has 0 saturated carbocycles. The smallest absolute Gasteiger partial charge is 0.334 e. The zero-order chi connectivity index (χ0) is 17.0. The SMILES string of the molecule is C=C1C(=O)O[C@@H]2C[C@H]1CC/C(C)=C/CC/C(C)=C/CC[C@]2(C)O. The minimum atomic E-state index is -0.986. The summed E-state index contributed by atoms with van der Waals surface area (Å²) in [7, 11) is 0. The molecule has 0 radical (unpaired) electrons. The van der Waals surface area contributed by atoms with E-state index >= 15 is 0 Å². The lowest BCUT2D eigenvalue weighted by Crippen LogP contribution is -2.47. The monoisotopic (exact) mass is 318 g/mol. The van der Waals surface area contributed by atoms with E-state index in [0.29, 0.717) is 18.4 Å². The van der Waals surface area contributed by atoms with Crippen molar-refractivity contribution in [1.82, 2.24) is 0 Å². The first-order chi connectivity index (χ1) is 10.8. The maximum absolute atomic E-state index is 12.1. The Morgan fingerprint density at radius 3 is 2.61 bits per heavy atom. The average Bonchev–Trinajstić information content (AvgIpc) is 2.47. The maximum atomic E-state index is 12.1. The summed E-state index contributed by atoms with van der Waals surface area (Å²) in [5.74, 6) is -0.233. The lowest BCUT2D eigenvalue weighted by molar-refractivity contribution is -0.168. The number of carbonyl (C=O) groups excluding carboxylic acids is 1. The van der Waals surface area contributed by atoms with Crippen LogP contribution in [0.3, 0.4) is 0 Å². The van der Waals surface area contributed by atoms with Gasteiger partial charge in [-0.2, -0.15) is 0 Å². The molecule has 1 N–H and O–H groups in total. The number of esters is 1. The van der Waals surface area contributed by atoms with Crippen molar-refractivity contribution >= 4 is 5.97 Å². The third-order valence-electron chi connectivity index (χ3n) is 5.26. The third kappa shape index (κ3) is 4.81. The van der Waals surface area contributed by atoms with E-state index in [1.54, 1.807) is 6.92 Å². The molecule has 0 aromatic carbocycles. The van der Waals surface area contributed by atoms with Crippen LogP contribution in [0.4, 0.5) is 0 Å². The molecule has 1 heterocycles. The van der Waals surface area contributed by atoms with Gasteiger partial charge in [-0.05, 0) is 71.6 Å². The summed E-state index contributed by atoms with van der Waals surface area (Å²) in [5.41, 5.74) is 2.30. The van der Waals surface area contributed by atoms with Crippen molar-refractivity contribution < 1.29 is 14.6 Å². The summed E-state index contributed by atoms with van der Waals surface area (Å²) < 4.78 is 5.47. The number of hydrogen-bond donors (Lipinski definition) is 1. The van der Waals surface area contributed by atoms with Crippen molar-refractivity contribution in [1.29, 1.82) is 0 Å². The molecule has 1 fully saturated rings. The molecule has 0 aromatic heterocycles. The molecule has 2 aliphatic rings. The standard InChI is InChI=1S/C20H30O3/c1-14-7-5-8-15(2)10-11-17-13-18(23-19(21)16(17)3)20(4,22)12-6-9-14/h8-9,17-18,22H,3,5-7,10-13H2,1-2,4H3/b14-9+,15-8+/t17-,18-,20+/m1/s1. The van der Waals surface area contributed by atoms with Crippen LogP contribution in [-0.4, -0.2) is 22.8 Å². The topological polar surface area (TPSA) is 46.5 Å². The van der Waals surface area contributed by atoms with E-state index in [4.69, 9.17) is 4.74 Å². The number of carbonyl (C=O) groups is 1. The molecule has 1 aliphatic carbocycles. The fourth-order valence-corrected chi connectivity index (χ4v) is 3.42. The first kappa shape index (κ1) is 18.0. The average molecular weight is 318 g/mol. The van der Waals surface area contributed by atoms with E-state index in [9.17, 15) is 9.90 Å². The predicted molar refractivity (Wildman–Crippen MR) is 93.0 cm³/mol. The molecule has 2 bridgehead atoms. The summed E-state index contributed by atoms with van der Waals surface area (Å²) >= 11 is 0. The third-order valence-corrected chi connectivity index (χ3v) is 5.26. The van der Waals surface area contributed by atoms with Crippen LogP contribution in [0.5, 0.6) is 0 Å². The second-order valence-electron chi connectivity index (χ2n) is 7.43. The van der Waals surface area contributed by atoms with E-state index < -0.39 is 11.7 Å². The highest BCUT2D eigenvalue weighted by atomic mass is 16.6. The lowest BCUT2D eigenvalue weighted by Gasteiger charge is -2.38. The number of allylic oxidation sites excluding steroid dienone is 4. The fraction of sp³-hybridized carbons (Fsp3) is 0.650. The molecule has 0 spiro atoms. The number of fused-ring (bicyclic) bond motifs is 2. The van der Waals surface area contributed by atoms with Gasteiger partial charge in [0.2, 0.25) is 0 Å². The van der Waals surface area contributed by atoms with Crippen molar-refractivity contribution in [2.24, 2.45) is 5.92 Å². The van der Waals surface area contributed by atoms with Crippen LogP contribution in [0.1, 0.15) is 65.7 Å². The molecule has 2 rings (SSSR count). The highest BCUT2D eigenvalue weighted by Crippen LogP contribution is 2.36. The molecular formula is C20H30O3. The Labute approximate surface area is 140 Å². The van der Waals surface area contributed by atoms with E-state index in [1.807, 2.05) is 0 Å². The highest BCUT2D eigenvalue weighted by Gasteiger charge is 2.41. The summed E-state index contributed by atoms with van der Waals surface area (Å²) in [4.78, 5) is 12.1. The van der Waals surface area contributed by atoms with E-state index in [1.165, 1.54) is 11.1 Å². The van der Waals surface area contributed by atoms with Crippen LogP contribution in [0.15, 0.2) is 35.5 Å². The van der Waals surface area contributed by atoms with Crippen molar-refractivity contribution in [3.63, 3.8) is 0 Å². The maximum Gasteiger partial charge on any atom is 0.334 e. The van der Waals surface area contributed by atoms with E-state index in [2.05, 4.69) is 32.6 Å². The second-order valence-corrected chi connectivity index (χ2v) is 7.43. The first-order valence-electron chi connectivity index (χ1n) is 8.73. The fourth-order valence-electron chi connectivity index (χ4n) is 3.42. The van der Waals surface area contributed by atoms with Gasteiger partial charge < -0.3 is 9.84 Å². The summed E-state index contributed by atoms with van der Waals surface area (Å²) in [6.45, 7) is 10.0. The van der Waals surface area contributed by atoms with Crippen molar-refractivity contribution in [2.75, 3.05) is 0 Å². The summed E-state index contributed by atoms with van der Waals surface area (Å²) in [6.07, 6.45) is 10.1. The second kappa shape index (κ2) is 7.48. The molecule has 0 aromatic rings. The van der Waals surface area contributed by atoms with Gasteiger partial charge in [-0.25, -0.2) is 4.79 Å². The van der Waals surface area contributed by atoms with Crippen molar-refractivity contribution in [3.8, 4) is 0 Å². The minimum absolute atomic E-state index is 0.108. The van der Waals surface area contributed by atoms with Crippen molar-refractivity contribution in [2.45, 2.75) is 77.4 Å². The van der Waals surface area contributed by atoms with Crippen molar-refractivity contribution in [3.05, 3.63) is 35.5 Å². The zero-order valence-electron chi connectivity index (χ0n) is 14.7. The molecule has 1 saturated heterocycles. The van der Waals surface area contributed by atoms with E-state index in [0.717, 1.165) is 32.1 Å². The van der Waals surface area contributed by atoms with Crippen LogP contribution < -0.4 is 0 Å². The van der Waals surface area contributed by atoms with Gasteiger partial charge in [-0.1, -0.05) is 29.9 Å². The first-order valence-corrected chi connectivity index (χ1v) is 8.73. The van der Waals surface area contributed by atoms with Crippen LogP contribution in [-0.2, 0) is 9.53 Å². The summed E-state index contributed by atoms with van der Waals surface area (Å²) in [5, 5.41) is 10.8. The van der Waals surface area contributed by atoms with Gasteiger partial charge in [0.05, 0.1) is 5.60 Å². The number of hydrogen-bond acceptors (Lipinski definition) is 3. The zero-order valence-corrected chi connectivity index (χ0v) is 14.7.